The van der Waals surface area contributed by atoms with Gasteiger partial charge in [0.15, 0.2) is 5.03 Å². The van der Waals surface area contributed by atoms with Gasteiger partial charge in [-0.2, -0.15) is 0 Å². The Morgan fingerprint density at radius 1 is 1.04 bits per heavy atom. The van der Waals surface area contributed by atoms with E-state index in [2.05, 4.69) is 14.9 Å². The predicted octanol–water partition coefficient (Wildman–Crippen LogP) is 2.79. The molecule has 5 nitrogen and oxygen atoms in total. The summed E-state index contributed by atoms with van der Waals surface area (Å²) in [6, 6.07) is 13.0. The molecule has 24 heavy (non-hydrogen) atoms. The number of rotatable bonds is 3. The Hall–Kier alpha value is -2.18. The molecule has 1 aromatic carbocycles. The number of aromatic nitrogens is 2. The highest BCUT2D eigenvalue weighted by Crippen LogP contribution is 2.33. The van der Waals surface area contributed by atoms with Crippen molar-refractivity contribution in [2.45, 2.75) is 28.8 Å². The van der Waals surface area contributed by atoms with E-state index in [1.165, 1.54) is 6.20 Å². The van der Waals surface area contributed by atoms with Crippen LogP contribution in [0.2, 0.25) is 0 Å². The number of piperidine rings is 1. The molecule has 1 N–H and O–H groups in total. The molecule has 0 saturated carbocycles. The van der Waals surface area contributed by atoms with Gasteiger partial charge in [-0.1, -0.05) is 24.3 Å². The molecule has 0 unspecified atom stereocenters. The van der Waals surface area contributed by atoms with Crippen molar-refractivity contribution in [1.29, 1.82) is 0 Å². The molecule has 0 aliphatic carbocycles. The summed E-state index contributed by atoms with van der Waals surface area (Å²) in [4.78, 5) is 4.39. The van der Waals surface area contributed by atoms with E-state index in [-0.39, 0.29) is 5.03 Å². The first-order chi connectivity index (χ1) is 11.7. The molecular weight excluding hydrogens is 322 g/mol. The number of hydrogen-bond donors (Lipinski definition) is 1. The molecule has 1 aliphatic heterocycles. The lowest BCUT2D eigenvalue weighted by atomic mass is 10.1. The second-order valence-corrected chi connectivity index (χ2v) is 7.94. The normalized spacial score (nSPS) is 16.5. The van der Waals surface area contributed by atoms with E-state index in [1.54, 1.807) is 24.4 Å². The summed E-state index contributed by atoms with van der Waals surface area (Å²) in [5.74, 6) is 0. The van der Waals surface area contributed by atoms with Gasteiger partial charge in [-0.15, -0.1) is 0 Å². The van der Waals surface area contributed by atoms with Crippen LogP contribution in [0, 0.1) is 0 Å². The maximum absolute atomic E-state index is 13.1. The topological polar surface area (TPSA) is 64.0 Å². The lowest BCUT2D eigenvalue weighted by Crippen LogP contribution is -2.29. The Kier molecular flexibility index (Phi) is 3.86. The van der Waals surface area contributed by atoms with Gasteiger partial charge in [0.1, 0.15) is 0 Å². The van der Waals surface area contributed by atoms with Gasteiger partial charge in [-0.05, 0) is 44.1 Å². The Labute approximate surface area is 141 Å². The van der Waals surface area contributed by atoms with E-state index in [4.69, 9.17) is 0 Å². The highest BCUT2D eigenvalue weighted by molar-refractivity contribution is 7.91. The molecule has 3 heterocycles. The minimum Gasteiger partial charge on any atom is -0.343 e. The molecule has 1 aliphatic rings. The SMILES string of the molecule is O=S(=O)(c1ccccn1)c1cn(C2CCNCC2)c2ccccc12. The first-order valence-corrected chi connectivity index (χ1v) is 9.62. The highest BCUT2D eigenvalue weighted by atomic mass is 32.2. The van der Waals surface area contributed by atoms with Crippen LogP contribution in [0.5, 0.6) is 0 Å². The first kappa shape index (κ1) is 15.4. The third-order valence-electron chi connectivity index (χ3n) is 4.61. The lowest BCUT2D eigenvalue weighted by Gasteiger charge is -2.25. The van der Waals surface area contributed by atoms with Gasteiger partial charge < -0.3 is 9.88 Å². The minimum atomic E-state index is -3.63. The molecule has 0 bridgehead atoms. The van der Waals surface area contributed by atoms with Crippen molar-refractivity contribution in [2.75, 3.05) is 13.1 Å². The number of nitrogens with one attached hydrogen (secondary N) is 1. The molecule has 124 valence electrons. The molecule has 1 fully saturated rings. The van der Waals surface area contributed by atoms with Crippen molar-refractivity contribution < 1.29 is 8.42 Å². The van der Waals surface area contributed by atoms with Crippen LogP contribution in [0.15, 0.2) is 64.8 Å². The number of hydrogen-bond acceptors (Lipinski definition) is 4. The van der Waals surface area contributed by atoms with Crippen LogP contribution in [0.3, 0.4) is 0 Å². The van der Waals surface area contributed by atoms with Gasteiger partial charge in [0.05, 0.1) is 4.90 Å². The van der Waals surface area contributed by atoms with Crippen LogP contribution in [-0.4, -0.2) is 31.1 Å². The van der Waals surface area contributed by atoms with Gasteiger partial charge in [0.25, 0.3) is 0 Å². The van der Waals surface area contributed by atoms with Crippen LogP contribution in [0.1, 0.15) is 18.9 Å². The quantitative estimate of drug-likeness (QED) is 0.796. The predicted molar refractivity (Wildman–Crippen MR) is 92.8 cm³/mol. The second-order valence-electron chi connectivity index (χ2n) is 6.07. The van der Waals surface area contributed by atoms with Crippen molar-refractivity contribution in [2.24, 2.45) is 0 Å². The third-order valence-corrected chi connectivity index (χ3v) is 6.31. The molecule has 0 atom stereocenters. The van der Waals surface area contributed by atoms with Crippen molar-refractivity contribution in [3.63, 3.8) is 0 Å². The van der Waals surface area contributed by atoms with Gasteiger partial charge in [0.2, 0.25) is 9.84 Å². The lowest BCUT2D eigenvalue weighted by molar-refractivity contribution is 0.375. The number of para-hydroxylation sites is 1. The van der Waals surface area contributed by atoms with Crippen molar-refractivity contribution in [3.8, 4) is 0 Å². The molecule has 0 radical (unpaired) electrons. The van der Waals surface area contributed by atoms with Crippen LogP contribution >= 0.6 is 0 Å². The van der Waals surface area contributed by atoms with E-state index in [1.807, 2.05) is 24.3 Å². The Bertz CT molecular complexity index is 958. The van der Waals surface area contributed by atoms with Crippen LogP contribution in [0.4, 0.5) is 0 Å². The average Bonchev–Trinajstić information content (AvgIpc) is 3.04. The zero-order valence-corrected chi connectivity index (χ0v) is 14.0. The monoisotopic (exact) mass is 341 g/mol. The van der Waals surface area contributed by atoms with E-state index >= 15 is 0 Å². The molecule has 4 rings (SSSR count). The van der Waals surface area contributed by atoms with Gasteiger partial charge >= 0.3 is 0 Å². The summed E-state index contributed by atoms with van der Waals surface area (Å²) in [5.41, 5.74) is 0.971. The summed E-state index contributed by atoms with van der Waals surface area (Å²) >= 11 is 0. The first-order valence-electron chi connectivity index (χ1n) is 8.14. The number of nitrogens with zero attached hydrogens (tertiary/aromatic N) is 2. The molecule has 6 heteroatoms. The smallest absolute Gasteiger partial charge is 0.225 e. The fourth-order valence-electron chi connectivity index (χ4n) is 3.39. The number of benzene rings is 1. The van der Waals surface area contributed by atoms with Gasteiger partial charge in [0, 0.05) is 29.3 Å². The summed E-state index contributed by atoms with van der Waals surface area (Å²) in [6.45, 7) is 1.92. The molecular formula is C18H19N3O2S. The number of pyridine rings is 1. The number of fused-ring (bicyclic) bond motifs is 1. The summed E-state index contributed by atoms with van der Waals surface area (Å²) < 4.78 is 28.2. The van der Waals surface area contributed by atoms with E-state index in [0.29, 0.717) is 10.9 Å². The molecule has 0 amide bonds. The summed E-state index contributed by atoms with van der Waals surface area (Å²) in [5, 5.41) is 4.21. The fraction of sp³-hybridized carbons (Fsp3) is 0.278. The van der Waals surface area contributed by atoms with Crippen molar-refractivity contribution >= 4 is 20.7 Å². The second kappa shape index (κ2) is 6.03. The summed E-state index contributed by atoms with van der Waals surface area (Å²) in [6.07, 6.45) is 5.31. The minimum absolute atomic E-state index is 0.0956. The van der Waals surface area contributed by atoms with Gasteiger partial charge in [-0.25, -0.2) is 13.4 Å². The molecule has 1 saturated heterocycles. The van der Waals surface area contributed by atoms with Crippen LogP contribution in [0.25, 0.3) is 10.9 Å². The maximum atomic E-state index is 13.1. The molecule has 0 spiro atoms. The molecule has 3 aromatic rings. The fourth-order valence-corrected chi connectivity index (χ4v) is 4.79. The van der Waals surface area contributed by atoms with Gasteiger partial charge in [-0.3, -0.25) is 0 Å². The Morgan fingerprint density at radius 3 is 2.54 bits per heavy atom. The van der Waals surface area contributed by atoms with E-state index in [0.717, 1.165) is 36.8 Å². The van der Waals surface area contributed by atoms with Crippen LogP contribution < -0.4 is 5.32 Å². The zero-order chi connectivity index (χ0) is 16.6. The Balaban J connectivity index is 1.90. The third kappa shape index (κ3) is 2.52. The highest BCUT2D eigenvalue weighted by Gasteiger charge is 2.26. The Morgan fingerprint density at radius 2 is 1.79 bits per heavy atom. The van der Waals surface area contributed by atoms with Crippen LogP contribution in [-0.2, 0) is 9.84 Å². The maximum Gasteiger partial charge on any atom is 0.225 e. The van der Waals surface area contributed by atoms with E-state index in [9.17, 15) is 8.42 Å². The van der Waals surface area contributed by atoms with Crippen molar-refractivity contribution in [1.82, 2.24) is 14.9 Å². The largest absolute Gasteiger partial charge is 0.343 e. The standard InChI is InChI=1S/C18H19N3O2S/c22-24(23,18-7-3-4-10-20-18)17-13-21(14-8-11-19-12-9-14)16-6-2-1-5-15(16)17/h1-7,10,13-14,19H,8-9,11-12H2. The average molecular weight is 341 g/mol. The molecule has 2 aromatic heterocycles. The van der Waals surface area contributed by atoms with E-state index < -0.39 is 9.84 Å². The number of sulfone groups is 1. The van der Waals surface area contributed by atoms with Crippen molar-refractivity contribution in [3.05, 3.63) is 54.9 Å². The summed E-state index contributed by atoms with van der Waals surface area (Å²) in [7, 11) is -3.63. The zero-order valence-electron chi connectivity index (χ0n) is 13.2.